The van der Waals surface area contributed by atoms with Gasteiger partial charge in [-0.25, -0.2) is 0 Å². The summed E-state index contributed by atoms with van der Waals surface area (Å²) in [6.07, 6.45) is 6.92. The van der Waals surface area contributed by atoms with Crippen LogP contribution in [0.25, 0.3) is 0 Å². The van der Waals surface area contributed by atoms with E-state index in [1.807, 2.05) is 25.1 Å². The number of carbonyl (C=O) groups is 2. The molecule has 1 fully saturated rings. The lowest BCUT2D eigenvalue weighted by atomic mass is 9.93. The van der Waals surface area contributed by atoms with Crippen LogP contribution in [0.3, 0.4) is 0 Å². The lowest BCUT2D eigenvalue weighted by Crippen LogP contribution is -2.25. The maximum absolute atomic E-state index is 12.4. The lowest BCUT2D eigenvalue weighted by molar-refractivity contribution is -0.120. The molecule has 1 saturated carbocycles. The first kappa shape index (κ1) is 13.9. The minimum Gasteiger partial charge on any atom is -0.326 e. The fourth-order valence-corrected chi connectivity index (χ4v) is 3.24. The number of amides is 2. The van der Waals surface area contributed by atoms with Crippen molar-refractivity contribution in [2.45, 2.75) is 26.2 Å². The van der Waals surface area contributed by atoms with Crippen LogP contribution in [-0.2, 0) is 9.59 Å². The van der Waals surface area contributed by atoms with Crippen molar-refractivity contribution in [1.82, 2.24) is 0 Å². The Kier molecular flexibility index (Phi) is 3.78. The van der Waals surface area contributed by atoms with Crippen molar-refractivity contribution in [2.24, 2.45) is 17.8 Å². The number of carbonyl (C=O) groups excluding carboxylic acids is 2. The van der Waals surface area contributed by atoms with Crippen LogP contribution in [0.2, 0.25) is 0 Å². The van der Waals surface area contributed by atoms with Gasteiger partial charge in [0.05, 0.1) is 0 Å². The van der Waals surface area contributed by atoms with Crippen LogP contribution in [0.4, 0.5) is 11.4 Å². The molecule has 2 aliphatic rings. The molecule has 1 aromatic rings. The van der Waals surface area contributed by atoms with Gasteiger partial charge in [-0.3, -0.25) is 9.59 Å². The number of rotatable bonds is 4. The van der Waals surface area contributed by atoms with E-state index in [2.05, 4.69) is 22.8 Å². The van der Waals surface area contributed by atoms with Gasteiger partial charge in [0.1, 0.15) is 0 Å². The standard InChI is InChI=1S/C17H20N2O2/c1-2-16(20)18-13-4-3-5-14(10-13)19-17(21)15-9-11-6-7-12(15)8-11/h3-7,10-12,15H,2,8-9H2,1H3,(H,18,20)(H,19,21)/t11-,12-,15-/m0/s1. The Labute approximate surface area is 124 Å². The third-order valence-corrected chi connectivity index (χ3v) is 4.35. The molecule has 3 atom stereocenters. The van der Waals surface area contributed by atoms with E-state index in [-0.39, 0.29) is 17.7 Å². The van der Waals surface area contributed by atoms with Gasteiger partial charge in [0, 0.05) is 23.7 Å². The van der Waals surface area contributed by atoms with Gasteiger partial charge >= 0.3 is 0 Å². The van der Waals surface area contributed by atoms with Crippen LogP contribution in [-0.4, -0.2) is 11.8 Å². The van der Waals surface area contributed by atoms with Crippen LogP contribution in [0.1, 0.15) is 26.2 Å². The van der Waals surface area contributed by atoms with E-state index in [4.69, 9.17) is 0 Å². The number of hydrogen-bond donors (Lipinski definition) is 2. The average Bonchev–Trinajstić information content (AvgIpc) is 3.10. The molecule has 0 aliphatic heterocycles. The van der Waals surface area contributed by atoms with Crippen molar-refractivity contribution in [2.75, 3.05) is 10.6 Å². The normalized spacial score (nSPS) is 25.9. The number of benzene rings is 1. The Morgan fingerprint density at radius 1 is 1.14 bits per heavy atom. The second kappa shape index (κ2) is 5.72. The summed E-state index contributed by atoms with van der Waals surface area (Å²) in [6, 6.07) is 7.31. The third kappa shape index (κ3) is 2.99. The fraction of sp³-hybridized carbons (Fsp3) is 0.412. The molecule has 2 bridgehead atoms. The van der Waals surface area contributed by atoms with Gasteiger partial charge in [0.15, 0.2) is 0 Å². The molecular formula is C17H20N2O2. The summed E-state index contributed by atoms with van der Waals surface area (Å²) in [5.74, 6) is 1.13. The molecule has 2 amide bonds. The summed E-state index contributed by atoms with van der Waals surface area (Å²) in [7, 11) is 0. The van der Waals surface area contributed by atoms with E-state index >= 15 is 0 Å². The molecule has 0 saturated heterocycles. The molecule has 0 aromatic heterocycles. The first-order valence-electron chi connectivity index (χ1n) is 7.55. The Morgan fingerprint density at radius 2 is 1.90 bits per heavy atom. The zero-order valence-corrected chi connectivity index (χ0v) is 12.1. The monoisotopic (exact) mass is 284 g/mol. The summed E-state index contributed by atoms with van der Waals surface area (Å²) < 4.78 is 0. The minimum atomic E-state index is -0.0308. The highest BCUT2D eigenvalue weighted by molar-refractivity contribution is 5.95. The predicted octanol–water partition coefficient (Wildman–Crippen LogP) is 3.19. The van der Waals surface area contributed by atoms with E-state index < -0.39 is 0 Å². The Morgan fingerprint density at radius 3 is 2.52 bits per heavy atom. The molecule has 4 heteroatoms. The van der Waals surface area contributed by atoms with Gasteiger partial charge in [0.25, 0.3) is 0 Å². The summed E-state index contributed by atoms with van der Waals surface area (Å²) in [4.78, 5) is 23.8. The second-order valence-electron chi connectivity index (χ2n) is 5.86. The minimum absolute atomic E-state index is 0.0308. The van der Waals surface area contributed by atoms with Crippen molar-refractivity contribution in [3.63, 3.8) is 0 Å². The molecule has 0 heterocycles. The predicted molar refractivity (Wildman–Crippen MR) is 82.8 cm³/mol. The van der Waals surface area contributed by atoms with Gasteiger partial charge in [-0.05, 0) is 42.9 Å². The number of anilines is 2. The van der Waals surface area contributed by atoms with Crippen LogP contribution >= 0.6 is 0 Å². The molecule has 2 aliphatic carbocycles. The van der Waals surface area contributed by atoms with Crippen molar-refractivity contribution in [3.8, 4) is 0 Å². The summed E-state index contributed by atoms with van der Waals surface area (Å²) in [5.41, 5.74) is 1.45. The Bertz CT molecular complexity index is 594. The molecule has 1 aromatic carbocycles. The molecule has 0 spiro atoms. The van der Waals surface area contributed by atoms with E-state index in [9.17, 15) is 9.59 Å². The van der Waals surface area contributed by atoms with Crippen LogP contribution in [0, 0.1) is 17.8 Å². The molecule has 2 N–H and O–H groups in total. The Balaban J connectivity index is 1.65. The van der Waals surface area contributed by atoms with Gasteiger partial charge in [-0.15, -0.1) is 0 Å². The number of allylic oxidation sites excluding steroid dienone is 2. The van der Waals surface area contributed by atoms with Gasteiger partial charge in [-0.2, -0.15) is 0 Å². The SMILES string of the molecule is CCC(=O)Nc1cccc(NC(=O)[C@H]2C[C@H]3C=C[C@H]2C3)c1. The number of hydrogen-bond acceptors (Lipinski definition) is 2. The van der Waals surface area contributed by atoms with Crippen molar-refractivity contribution in [3.05, 3.63) is 36.4 Å². The highest BCUT2D eigenvalue weighted by atomic mass is 16.2. The topological polar surface area (TPSA) is 58.2 Å². The van der Waals surface area contributed by atoms with Crippen molar-refractivity contribution >= 4 is 23.2 Å². The smallest absolute Gasteiger partial charge is 0.228 e. The molecule has 21 heavy (non-hydrogen) atoms. The largest absolute Gasteiger partial charge is 0.326 e. The fourth-order valence-electron chi connectivity index (χ4n) is 3.24. The van der Waals surface area contributed by atoms with E-state index in [1.165, 1.54) is 0 Å². The Hall–Kier alpha value is -2.10. The number of fused-ring (bicyclic) bond motifs is 2. The highest BCUT2D eigenvalue weighted by Crippen LogP contribution is 2.43. The van der Waals surface area contributed by atoms with Crippen molar-refractivity contribution in [1.29, 1.82) is 0 Å². The molecular weight excluding hydrogens is 264 g/mol. The van der Waals surface area contributed by atoms with Crippen LogP contribution < -0.4 is 10.6 Å². The third-order valence-electron chi connectivity index (χ3n) is 4.35. The van der Waals surface area contributed by atoms with E-state index in [0.717, 1.165) is 18.5 Å². The van der Waals surface area contributed by atoms with Crippen LogP contribution in [0.15, 0.2) is 36.4 Å². The maximum atomic E-state index is 12.4. The van der Waals surface area contributed by atoms with E-state index in [1.54, 1.807) is 6.07 Å². The highest BCUT2D eigenvalue weighted by Gasteiger charge is 2.39. The second-order valence-corrected chi connectivity index (χ2v) is 5.86. The van der Waals surface area contributed by atoms with Gasteiger partial charge in [-0.1, -0.05) is 25.1 Å². The molecule has 110 valence electrons. The number of nitrogens with one attached hydrogen (secondary N) is 2. The molecule has 3 rings (SSSR count). The van der Waals surface area contributed by atoms with Crippen LogP contribution in [0.5, 0.6) is 0 Å². The molecule has 0 radical (unpaired) electrons. The first-order chi connectivity index (χ1) is 10.2. The van der Waals surface area contributed by atoms with Gasteiger partial charge in [0.2, 0.25) is 11.8 Å². The zero-order chi connectivity index (χ0) is 14.8. The van der Waals surface area contributed by atoms with Gasteiger partial charge < -0.3 is 10.6 Å². The average molecular weight is 284 g/mol. The molecule has 4 nitrogen and oxygen atoms in total. The first-order valence-corrected chi connectivity index (χ1v) is 7.55. The molecule has 0 unspecified atom stereocenters. The summed E-state index contributed by atoms with van der Waals surface area (Å²) in [5, 5.41) is 5.78. The maximum Gasteiger partial charge on any atom is 0.228 e. The quantitative estimate of drug-likeness (QED) is 0.834. The summed E-state index contributed by atoms with van der Waals surface area (Å²) in [6.45, 7) is 1.81. The van der Waals surface area contributed by atoms with E-state index in [0.29, 0.717) is 23.9 Å². The van der Waals surface area contributed by atoms with Crippen molar-refractivity contribution < 1.29 is 9.59 Å². The zero-order valence-electron chi connectivity index (χ0n) is 12.1. The summed E-state index contributed by atoms with van der Waals surface area (Å²) >= 11 is 0. The lowest BCUT2D eigenvalue weighted by Gasteiger charge is -2.17.